The van der Waals surface area contributed by atoms with Gasteiger partial charge in [-0.15, -0.1) is 0 Å². The Morgan fingerprint density at radius 3 is 2.62 bits per heavy atom. The first-order chi connectivity index (χ1) is 7.77. The Morgan fingerprint density at radius 2 is 1.94 bits per heavy atom. The Balaban J connectivity index is 2.88. The number of hydrogen-bond acceptors (Lipinski definition) is 3. The second-order valence-corrected chi connectivity index (χ2v) is 5.74. The normalized spacial score (nSPS) is 11.2. The molecule has 16 heavy (non-hydrogen) atoms. The van der Waals surface area contributed by atoms with Gasteiger partial charge in [-0.25, -0.2) is 0 Å². The van der Waals surface area contributed by atoms with E-state index >= 15 is 0 Å². The second-order valence-electron chi connectivity index (χ2n) is 4.51. The van der Waals surface area contributed by atoms with Gasteiger partial charge in [0.25, 0.3) is 0 Å². The van der Waals surface area contributed by atoms with Crippen molar-refractivity contribution in [1.29, 1.82) is 0 Å². The molecule has 0 aromatic heterocycles. The first kappa shape index (κ1) is 16.3. The molecule has 0 aromatic rings. The Labute approximate surface area is 106 Å². The van der Waals surface area contributed by atoms with E-state index in [0.29, 0.717) is 0 Å². The van der Waals surface area contributed by atoms with Gasteiger partial charge in [0, 0.05) is 25.4 Å². The van der Waals surface area contributed by atoms with Crippen LogP contribution in [0.25, 0.3) is 0 Å². The molecule has 3 heteroatoms. The fraction of sp³-hybridized carbons (Fsp3) is 1.00. The summed E-state index contributed by atoms with van der Waals surface area (Å²) < 4.78 is 5.46. The lowest BCUT2D eigenvalue weighted by atomic mass is 10.2. The fourth-order valence-corrected chi connectivity index (χ4v) is 2.31. The van der Waals surface area contributed by atoms with Crippen LogP contribution in [0.5, 0.6) is 0 Å². The summed E-state index contributed by atoms with van der Waals surface area (Å²) in [5.41, 5.74) is 0. The van der Waals surface area contributed by atoms with Gasteiger partial charge in [0.2, 0.25) is 0 Å². The van der Waals surface area contributed by atoms with Gasteiger partial charge in [-0.05, 0) is 24.5 Å². The van der Waals surface area contributed by atoms with E-state index in [4.69, 9.17) is 4.74 Å². The zero-order valence-corrected chi connectivity index (χ0v) is 12.1. The molecule has 0 heterocycles. The van der Waals surface area contributed by atoms with E-state index in [0.717, 1.165) is 32.2 Å². The van der Waals surface area contributed by atoms with Crippen molar-refractivity contribution in [2.75, 3.05) is 37.8 Å². The number of hydrogen-bond donors (Lipinski definition) is 1. The van der Waals surface area contributed by atoms with Crippen molar-refractivity contribution in [3.63, 3.8) is 0 Å². The van der Waals surface area contributed by atoms with E-state index in [1.54, 1.807) is 0 Å². The summed E-state index contributed by atoms with van der Waals surface area (Å²) in [5.74, 6) is 3.36. The van der Waals surface area contributed by atoms with Crippen molar-refractivity contribution in [3.05, 3.63) is 0 Å². The largest absolute Gasteiger partial charge is 0.380 e. The zero-order valence-electron chi connectivity index (χ0n) is 11.3. The van der Waals surface area contributed by atoms with Crippen molar-refractivity contribution >= 4 is 11.8 Å². The zero-order chi connectivity index (χ0) is 12.1. The maximum Gasteiger partial charge on any atom is 0.0590 e. The lowest BCUT2D eigenvalue weighted by Gasteiger charge is -2.06. The van der Waals surface area contributed by atoms with Gasteiger partial charge < -0.3 is 10.1 Å². The molecule has 0 unspecified atom stereocenters. The minimum atomic E-state index is 0.840. The predicted octanol–water partition coefficient (Wildman–Crippen LogP) is 3.17. The summed E-state index contributed by atoms with van der Waals surface area (Å²) in [6.07, 6.45) is 3.75. The van der Waals surface area contributed by atoms with Crippen LogP contribution >= 0.6 is 11.8 Å². The number of ether oxygens (including phenoxy) is 1. The van der Waals surface area contributed by atoms with Crippen LogP contribution in [-0.4, -0.2) is 37.8 Å². The molecule has 2 nitrogen and oxygen atoms in total. The maximum atomic E-state index is 5.46. The molecular formula is C13H29NOS. The van der Waals surface area contributed by atoms with Gasteiger partial charge in [-0.3, -0.25) is 0 Å². The summed E-state index contributed by atoms with van der Waals surface area (Å²) in [5, 5.41) is 3.40. The molecule has 0 radical (unpaired) electrons. The monoisotopic (exact) mass is 247 g/mol. The molecule has 0 aliphatic heterocycles. The van der Waals surface area contributed by atoms with Gasteiger partial charge in [0.15, 0.2) is 0 Å². The molecule has 0 spiro atoms. The van der Waals surface area contributed by atoms with Crippen molar-refractivity contribution in [2.45, 2.75) is 40.0 Å². The molecule has 0 saturated carbocycles. The number of nitrogens with one attached hydrogen (secondary N) is 1. The van der Waals surface area contributed by atoms with Gasteiger partial charge >= 0.3 is 0 Å². The topological polar surface area (TPSA) is 21.3 Å². The van der Waals surface area contributed by atoms with Crippen LogP contribution in [0.3, 0.4) is 0 Å². The Hall–Kier alpha value is 0.270. The minimum Gasteiger partial charge on any atom is -0.380 e. The first-order valence-electron chi connectivity index (χ1n) is 6.63. The second kappa shape index (κ2) is 13.3. The molecule has 0 aliphatic carbocycles. The van der Waals surface area contributed by atoms with Crippen LogP contribution in [0.1, 0.15) is 40.0 Å². The Kier molecular flexibility index (Phi) is 13.6. The van der Waals surface area contributed by atoms with Gasteiger partial charge in [0.1, 0.15) is 0 Å². The van der Waals surface area contributed by atoms with E-state index in [-0.39, 0.29) is 0 Å². The number of thioether (sulfide) groups is 1. The third-order valence-corrected chi connectivity index (χ3v) is 3.35. The number of rotatable bonds is 12. The van der Waals surface area contributed by atoms with E-state index in [9.17, 15) is 0 Å². The molecule has 0 aromatic carbocycles. The lowest BCUT2D eigenvalue weighted by Crippen LogP contribution is -2.22. The van der Waals surface area contributed by atoms with Crippen molar-refractivity contribution in [2.24, 2.45) is 5.92 Å². The quantitative estimate of drug-likeness (QED) is 0.535. The Bertz CT molecular complexity index is 131. The SMILES string of the molecule is CCCCOCCNCCSCCC(C)C. The van der Waals surface area contributed by atoms with E-state index in [2.05, 4.69) is 37.8 Å². The van der Waals surface area contributed by atoms with Crippen molar-refractivity contribution in [1.82, 2.24) is 5.32 Å². The van der Waals surface area contributed by atoms with E-state index < -0.39 is 0 Å². The standard InChI is InChI=1S/C13H29NOS/c1-4-5-9-15-10-7-14-8-12-16-11-6-13(2)3/h13-14H,4-12H2,1-3H3. The lowest BCUT2D eigenvalue weighted by molar-refractivity contribution is 0.133. The maximum absolute atomic E-state index is 5.46. The highest BCUT2D eigenvalue weighted by molar-refractivity contribution is 7.99. The van der Waals surface area contributed by atoms with E-state index in [1.165, 1.54) is 30.8 Å². The molecule has 0 atom stereocenters. The highest BCUT2D eigenvalue weighted by Crippen LogP contribution is 2.07. The third-order valence-electron chi connectivity index (χ3n) is 2.33. The molecule has 0 bridgehead atoms. The van der Waals surface area contributed by atoms with Crippen LogP contribution in [0.15, 0.2) is 0 Å². The average Bonchev–Trinajstić information content (AvgIpc) is 2.25. The van der Waals surface area contributed by atoms with Crippen LogP contribution in [0.2, 0.25) is 0 Å². The molecule has 0 rings (SSSR count). The molecule has 1 N–H and O–H groups in total. The first-order valence-corrected chi connectivity index (χ1v) is 7.79. The highest BCUT2D eigenvalue weighted by Gasteiger charge is 1.94. The summed E-state index contributed by atoms with van der Waals surface area (Å²) >= 11 is 2.05. The summed E-state index contributed by atoms with van der Waals surface area (Å²) in [6, 6.07) is 0. The van der Waals surface area contributed by atoms with Crippen LogP contribution in [-0.2, 0) is 4.74 Å². The van der Waals surface area contributed by atoms with Crippen LogP contribution < -0.4 is 5.32 Å². The molecular weight excluding hydrogens is 218 g/mol. The molecule has 0 fully saturated rings. The third kappa shape index (κ3) is 14.3. The molecule has 98 valence electrons. The smallest absolute Gasteiger partial charge is 0.0590 e. The minimum absolute atomic E-state index is 0.840. The van der Waals surface area contributed by atoms with Crippen molar-refractivity contribution in [3.8, 4) is 0 Å². The molecule has 0 saturated heterocycles. The predicted molar refractivity (Wildman–Crippen MR) is 75.4 cm³/mol. The van der Waals surface area contributed by atoms with Crippen LogP contribution in [0, 0.1) is 5.92 Å². The fourth-order valence-electron chi connectivity index (χ4n) is 1.18. The molecule has 0 amide bonds. The van der Waals surface area contributed by atoms with Crippen LogP contribution in [0.4, 0.5) is 0 Å². The summed E-state index contributed by atoms with van der Waals surface area (Å²) in [7, 11) is 0. The number of unbranched alkanes of at least 4 members (excludes halogenated alkanes) is 1. The average molecular weight is 247 g/mol. The summed E-state index contributed by atoms with van der Waals surface area (Å²) in [6.45, 7) is 10.6. The van der Waals surface area contributed by atoms with Crippen molar-refractivity contribution < 1.29 is 4.74 Å². The van der Waals surface area contributed by atoms with Gasteiger partial charge in [-0.2, -0.15) is 11.8 Å². The summed E-state index contributed by atoms with van der Waals surface area (Å²) in [4.78, 5) is 0. The van der Waals surface area contributed by atoms with E-state index in [1.807, 2.05) is 0 Å². The highest BCUT2D eigenvalue weighted by atomic mass is 32.2. The van der Waals surface area contributed by atoms with Gasteiger partial charge in [0.05, 0.1) is 6.61 Å². The Morgan fingerprint density at radius 1 is 1.12 bits per heavy atom. The molecule has 0 aliphatic rings. The van der Waals surface area contributed by atoms with Gasteiger partial charge in [-0.1, -0.05) is 27.2 Å².